The molecule has 0 aromatic carbocycles. The molecule has 1 unspecified atom stereocenters. The highest BCUT2D eigenvalue weighted by molar-refractivity contribution is 7.10. The fraction of sp³-hybridized carbons (Fsp3) is 0.556. The number of hydrogen-bond donors (Lipinski definition) is 1. The van der Waals surface area contributed by atoms with Gasteiger partial charge in [0.05, 0.1) is 7.11 Å². The van der Waals surface area contributed by atoms with E-state index in [0.29, 0.717) is 6.04 Å². The molecule has 0 saturated carbocycles. The lowest BCUT2D eigenvalue weighted by Crippen LogP contribution is -2.16. The van der Waals surface area contributed by atoms with Crippen molar-refractivity contribution in [2.75, 3.05) is 13.7 Å². The molecule has 2 nitrogen and oxygen atoms in total. The zero-order chi connectivity index (χ0) is 8.97. The van der Waals surface area contributed by atoms with E-state index in [4.69, 9.17) is 4.74 Å². The van der Waals surface area contributed by atoms with Crippen molar-refractivity contribution in [3.8, 4) is 5.75 Å². The minimum Gasteiger partial charge on any atom is -0.496 e. The van der Waals surface area contributed by atoms with Gasteiger partial charge in [-0.3, -0.25) is 0 Å². The molecule has 1 rings (SSSR count). The van der Waals surface area contributed by atoms with Crippen LogP contribution in [0.5, 0.6) is 5.75 Å². The second-order valence-electron chi connectivity index (χ2n) is 2.67. The van der Waals surface area contributed by atoms with Crippen molar-refractivity contribution in [2.45, 2.75) is 19.9 Å². The molecule has 0 saturated heterocycles. The highest BCUT2D eigenvalue weighted by Gasteiger charge is 2.06. The van der Waals surface area contributed by atoms with E-state index in [1.807, 2.05) is 5.38 Å². The summed E-state index contributed by atoms with van der Waals surface area (Å²) in [5, 5.41) is 5.38. The standard InChI is InChI=1S/C9H15NOS/c1-4-10-7(2)9-5-8(11-3)6-12-9/h5-7,10H,4H2,1-3H3. The molecule has 0 aliphatic heterocycles. The molecular formula is C9H15NOS. The maximum Gasteiger partial charge on any atom is 0.129 e. The Morgan fingerprint density at radius 1 is 1.67 bits per heavy atom. The van der Waals surface area contributed by atoms with E-state index >= 15 is 0 Å². The van der Waals surface area contributed by atoms with Gasteiger partial charge in [0.1, 0.15) is 5.75 Å². The van der Waals surface area contributed by atoms with Gasteiger partial charge < -0.3 is 10.1 Å². The molecule has 3 heteroatoms. The second-order valence-corrected chi connectivity index (χ2v) is 3.61. The first-order valence-electron chi connectivity index (χ1n) is 4.13. The summed E-state index contributed by atoms with van der Waals surface area (Å²) >= 11 is 1.73. The molecule has 12 heavy (non-hydrogen) atoms. The SMILES string of the molecule is CCNC(C)c1cc(OC)cs1. The van der Waals surface area contributed by atoms with Crippen LogP contribution in [0.25, 0.3) is 0 Å². The van der Waals surface area contributed by atoms with Gasteiger partial charge in [0.2, 0.25) is 0 Å². The molecule has 0 fully saturated rings. The Kier molecular flexibility index (Phi) is 3.56. The highest BCUT2D eigenvalue weighted by atomic mass is 32.1. The maximum absolute atomic E-state index is 5.11. The molecule has 1 aromatic rings. The van der Waals surface area contributed by atoms with Crippen molar-refractivity contribution >= 4 is 11.3 Å². The molecule has 0 aliphatic carbocycles. The maximum atomic E-state index is 5.11. The van der Waals surface area contributed by atoms with Crippen LogP contribution in [0.1, 0.15) is 24.8 Å². The first-order valence-corrected chi connectivity index (χ1v) is 5.01. The molecule has 1 heterocycles. The van der Waals surface area contributed by atoms with Gasteiger partial charge in [0.15, 0.2) is 0 Å². The van der Waals surface area contributed by atoms with Crippen molar-refractivity contribution in [2.24, 2.45) is 0 Å². The predicted octanol–water partition coefficient (Wildman–Crippen LogP) is 2.43. The van der Waals surface area contributed by atoms with E-state index in [0.717, 1.165) is 12.3 Å². The van der Waals surface area contributed by atoms with E-state index < -0.39 is 0 Å². The monoisotopic (exact) mass is 185 g/mol. The van der Waals surface area contributed by atoms with Crippen molar-refractivity contribution in [1.29, 1.82) is 0 Å². The Labute approximate surface area is 77.6 Å². The third-order valence-electron chi connectivity index (χ3n) is 1.77. The van der Waals surface area contributed by atoms with Crippen LogP contribution < -0.4 is 10.1 Å². The van der Waals surface area contributed by atoms with Gasteiger partial charge in [-0.15, -0.1) is 11.3 Å². The van der Waals surface area contributed by atoms with Crippen LogP contribution in [-0.4, -0.2) is 13.7 Å². The Morgan fingerprint density at radius 3 is 2.92 bits per heavy atom. The zero-order valence-electron chi connectivity index (χ0n) is 7.76. The quantitative estimate of drug-likeness (QED) is 0.778. The van der Waals surface area contributed by atoms with Gasteiger partial charge in [0, 0.05) is 16.3 Å². The highest BCUT2D eigenvalue weighted by Crippen LogP contribution is 2.26. The minimum absolute atomic E-state index is 0.434. The summed E-state index contributed by atoms with van der Waals surface area (Å²) in [5.74, 6) is 0.958. The number of methoxy groups -OCH3 is 1. The van der Waals surface area contributed by atoms with E-state index in [2.05, 4.69) is 25.2 Å². The van der Waals surface area contributed by atoms with E-state index in [1.54, 1.807) is 18.4 Å². The predicted molar refractivity (Wildman–Crippen MR) is 53.0 cm³/mol. The summed E-state index contributed by atoms with van der Waals surface area (Å²) in [6.07, 6.45) is 0. The van der Waals surface area contributed by atoms with Crippen molar-refractivity contribution in [3.63, 3.8) is 0 Å². The van der Waals surface area contributed by atoms with Gasteiger partial charge in [-0.25, -0.2) is 0 Å². The molecular weight excluding hydrogens is 170 g/mol. The normalized spacial score (nSPS) is 12.9. The minimum atomic E-state index is 0.434. The van der Waals surface area contributed by atoms with Crippen molar-refractivity contribution < 1.29 is 4.74 Å². The van der Waals surface area contributed by atoms with E-state index in [9.17, 15) is 0 Å². The number of ether oxygens (including phenoxy) is 1. The number of thiophene rings is 1. The van der Waals surface area contributed by atoms with E-state index in [1.165, 1.54) is 4.88 Å². The number of rotatable bonds is 4. The molecule has 0 spiro atoms. The Morgan fingerprint density at radius 2 is 2.42 bits per heavy atom. The second kappa shape index (κ2) is 4.48. The first-order chi connectivity index (χ1) is 5.77. The third-order valence-corrected chi connectivity index (χ3v) is 2.86. The Balaban J connectivity index is 2.61. The Bertz CT molecular complexity index is 234. The van der Waals surface area contributed by atoms with Gasteiger partial charge in [-0.2, -0.15) is 0 Å². The third kappa shape index (κ3) is 2.22. The summed E-state index contributed by atoms with van der Waals surface area (Å²) in [6.45, 7) is 5.28. The van der Waals surface area contributed by atoms with Crippen molar-refractivity contribution in [1.82, 2.24) is 5.32 Å². The largest absolute Gasteiger partial charge is 0.496 e. The lowest BCUT2D eigenvalue weighted by molar-refractivity contribution is 0.416. The molecule has 0 aliphatic rings. The average Bonchev–Trinajstić information content (AvgIpc) is 2.52. The fourth-order valence-electron chi connectivity index (χ4n) is 1.08. The first kappa shape index (κ1) is 9.55. The van der Waals surface area contributed by atoms with Gasteiger partial charge >= 0.3 is 0 Å². The Hall–Kier alpha value is -0.540. The van der Waals surface area contributed by atoms with Gasteiger partial charge in [-0.1, -0.05) is 6.92 Å². The summed E-state index contributed by atoms with van der Waals surface area (Å²) in [5.41, 5.74) is 0. The molecule has 0 radical (unpaired) electrons. The van der Waals surface area contributed by atoms with Crippen molar-refractivity contribution in [3.05, 3.63) is 16.3 Å². The van der Waals surface area contributed by atoms with Crippen LogP contribution in [0.4, 0.5) is 0 Å². The van der Waals surface area contributed by atoms with E-state index in [-0.39, 0.29) is 0 Å². The van der Waals surface area contributed by atoms with Crippen LogP contribution in [0.2, 0.25) is 0 Å². The summed E-state index contributed by atoms with van der Waals surface area (Å²) in [7, 11) is 1.70. The van der Waals surface area contributed by atoms with Crippen LogP contribution >= 0.6 is 11.3 Å². The molecule has 1 atom stereocenters. The smallest absolute Gasteiger partial charge is 0.129 e. The number of nitrogens with one attached hydrogen (secondary N) is 1. The topological polar surface area (TPSA) is 21.3 Å². The van der Waals surface area contributed by atoms with Crippen LogP contribution in [0.3, 0.4) is 0 Å². The number of hydrogen-bond acceptors (Lipinski definition) is 3. The molecule has 0 amide bonds. The van der Waals surface area contributed by atoms with Crippen LogP contribution in [-0.2, 0) is 0 Å². The van der Waals surface area contributed by atoms with Gasteiger partial charge in [-0.05, 0) is 19.5 Å². The lowest BCUT2D eigenvalue weighted by atomic mass is 10.3. The molecule has 68 valence electrons. The van der Waals surface area contributed by atoms with Crippen LogP contribution in [0.15, 0.2) is 11.4 Å². The summed E-state index contributed by atoms with van der Waals surface area (Å²) in [6, 6.07) is 2.52. The zero-order valence-corrected chi connectivity index (χ0v) is 8.57. The average molecular weight is 185 g/mol. The summed E-state index contributed by atoms with van der Waals surface area (Å²) in [4.78, 5) is 1.33. The molecule has 0 bridgehead atoms. The van der Waals surface area contributed by atoms with Crippen LogP contribution in [0, 0.1) is 0 Å². The molecule has 1 N–H and O–H groups in total. The molecule has 1 aromatic heterocycles. The lowest BCUT2D eigenvalue weighted by Gasteiger charge is -2.08. The summed E-state index contributed by atoms with van der Waals surface area (Å²) < 4.78 is 5.11. The van der Waals surface area contributed by atoms with Gasteiger partial charge in [0.25, 0.3) is 0 Å². The fourth-order valence-corrected chi connectivity index (χ4v) is 1.96.